The maximum Gasteiger partial charge on any atom is 0.314 e. The minimum atomic E-state index is -0.0290. The molecule has 1 fully saturated rings. The fourth-order valence-corrected chi connectivity index (χ4v) is 3.60. The number of hydrogen-bond acceptors (Lipinski definition) is 2. The Bertz CT molecular complexity index is 455. The van der Waals surface area contributed by atoms with E-state index in [-0.39, 0.29) is 11.9 Å². The number of ether oxygens (including phenoxy) is 1. The van der Waals surface area contributed by atoms with Crippen LogP contribution in [0.3, 0.4) is 0 Å². The Morgan fingerprint density at radius 1 is 1.00 bits per heavy atom. The van der Waals surface area contributed by atoms with E-state index in [0.717, 1.165) is 25.2 Å². The Labute approximate surface area is 141 Å². The standard InChI is InChI=1S/C21H32O2/c1-3-5-6-8-18-11-15-20(16-12-18)23-21(22)19-13-9-17(7-4-2)10-14-19/h11-12,15-17,19H,3-10,13-14H2,1-2H3/t17-,19-. The van der Waals surface area contributed by atoms with Crippen LogP contribution in [0.2, 0.25) is 0 Å². The minimum Gasteiger partial charge on any atom is -0.426 e. The zero-order valence-electron chi connectivity index (χ0n) is 14.9. The van der Waals surface area contributed by atoms with E-state index in [1.54, 1.807) is 0 Å². The molecule has 1 aromatic carbocycles. The van der Waals surface area contributed by atoms with Crippen molar-refractivity contribution in [2.24, 2.45) is 11.8 Å². The summed E-state index contributed by atoms with van der Waals surface area (Å²) in [6.07, 6.45) is 11.8. The number of rotatable bonds is 8. The molecule has 0 saturated heterocycles. The fourth-order valence-electron chi connectivity index (χ4n) is 3.60. The number of carbonyl (C=O) groups excluding carboxylic acids is 1. The Morgan fingerprint density at radius 3 is 2.30 bits per heavy atom. The zero-order valence-corrected chi connectivity index (χ0v) is 14.9. The van der Waals surface area contributed by atoms with Crippen LogP contribution < -0.4 is 4.74 Å². The van der Waals surface area contributed by atoms with Crippen LogP contribution in [0.1, 0.15) is 77.2 Å². The lowest BCUT2D eigenvalue weighted by molar-refractivity contribution is -0.140. The summed E-state index contributed by atoms with van der Waals surface area (Å²) < 4.78 is 5.59. The first kappa shape index (κ1) is 18.0. The summed E-state index contributed by atoms with van der Waals surface area (Å²) in [7, 11) is 0. The molecule has 0 amide bonds. The molecule has 0 N–H and O–H groups in total. The number of unbranched alkanes of at least 4 members (excludes halogenated alkanes) is 2. The van der Waals surface area contributed by atoms with E-state index in [1.165, 1.54) is 50.5 Å². The second-order valence-corrected chi connectivity index (χ2v) is 7.03. The summed E-state index contributed by atoms with van der Waals surface area (Å²) in [5.41, 5.74) is 1.33. The van der Waals surface area contributed by atoms with Crippen molar-refractivity contribution in [1.29, 1.82) is 0 Å². The molecule has 1 aliphatic rings. The van der Waals surface area contributed by atoms with Crippen LogP contribution in [0.25, 0.3) is 0 Å². The SMILES string of the molecule is CCCCCc1ccc(OC(=O)[C@H]2CC[C@H](CCC)CC2)cc1. The van der Waals surface area contributed by atoms with Gasteiger partial charge in [0.15, 0.2) is 0 Å². The molecule has 0 unspecified atom stereocenters. The van der Waals surface area contributed by atoms with Crippen LogP contribution in [0, 0.1) is 11.8 Å². The summed E-state index contributed by atoms with van der Waals surface area (Å²) in [5, 5.41) is 0. The highest BCUT2D eigenvalue weighted by molar-refractivity contribution is 5.75. The Hall–Kier alpha value is -1.31. The summed E-state index contributed by atoms with van der Waals surface area (Å²) >= 11 is 0. The maximum atomic E-state index is 12.3. The number of hydrogen-bond donors (Lipinski definition) is 0. The molecule has 2 heteroatoms. The molecule has 0 bridgehead atoms. The smallest absolute Gasteiger partial charge is 0.314 e. The van der Waals surface area contributed by atoms with Crippen molar-refractivity contribution in [1.82, 2.24) is 0 Å². The van der Waals surface area contributed by atoms with Crippen molar-refractivity contribution < 1.29 is 9.53 Å². The molecule has 2 rings (SSSR count). The van der Waals surface area contributed by atoms with Crippen molar-refractivity contribution in [3.8, 4) is 5.75 Å². The Morgan fingerprint density at radius 2 is 1.70 bits per heavy atom. The second-order valence-electron chi connectivity index (χ2n) is 7.03. The van der Waals surface area contributed by atoms with Gasteiger partial charge in [0.1, 0.15) is 5.75 Å². The summed E-state index contributed by atoms with van der Waals surface area (Å²) in [4.78, 5) is 12.3. The van der Waals surface area contributed by atoms with Gasteiger partial charge in [-0.25, -0.2) is 0 Å². The van der Waals surface area contributed by atoms with Crippen LogP contribution in [-0.2, 0) is 11.2 Å². The predicted octanol–water partition coefficient (Wildman–Crippen LogP) is 5.93. The third kappa shape index (κ3) is 6.01. The van der Waals surface area contributed by atoms with E-state index in [9.17, 15) is 4.79 Å². The summed E-state index contributed by atoms with van der Waals surface area (Å²) in [5.74, 6) is 1.60. The molecule has 128 valence electrons. The van der Waals surface area contributed by atoms with E-state index in [1.807, 2.05) is 12.1 Å². The van der Waals surface area contributed by atoms with Crippen LogP contribution in [-0.4, -0.2) is 5.97 Å². The van der Waals surface area contributed by atoms with E-state index in [2.05, 4.69) is 26.0 Å². The fraction of sp³-hybridized carbons (Fsp3) is 0.667. The number of esters is 1. The van der Waals surface area contributed by atoms with Crippen LogP contribution in [0.15, 0.2) is 24.3 Å². The molecule has 23 heavy (non-hydrogen) atoms. The lowest BCUT2D eigenvalue weighted by atomic mass is 9.80. The maximum absolute atomic E-state index is 12.3. The van der Waals surface area contributed by atoms with E-state index >= 15 is 0 Å². The van der Waals surface area contributed by atoms with Gasteiger partial charge in [0, 0.05) is 0 Å². The summed E-state index contributed by atoms with van der Waals surface area (Å²) in [6, 6.07) is 8.08. The molecule has 2 nitrogen and oxygen atoms in total. The van der Waals surface area contributed by atoms with Crippen molar-refractivity contribution in [2.75, 3.05) is 0 Å². The highest BCUT2D eigenvalue weighted by atomic mass is 16.5. The number of aryl methyl sites for hydroxylation is 1. The largest absolute Gasteiger partial charge is 0.426 e. The van der Waals surface area contributed by atoms with E-state index in [0.29, 0.717) is 5.75 Å². The lowest BCUT2D eigenvalue weighted by Crippen LogP contribution is -2.25. The molecule has 1 saturated carbocycles. The molecular weight excluding hydrogens is 284 g/mol. The first-order chi connectivity index (χ1) is 11.2. The Balaban J connectivity index is 1.77. The first-order valence-electron chi connectivity index (χ1n) is 9.53. The van der Waals surface area contributed by atoms with Gasteiger partial charge in [-0.3, -0.25) is 4.79 Å². The molecule has 0 atom stereocenters. The quantitative estimate of drug-likeness (QED) is 0.337. The minimum absolute atomic E-state index is 0.0290. The lowest BCUT2D eigenvalue weighted by Gasteiger charge is -2.26. The van der Waals surface area contributed by atoms with Crippen molar-refractivity contribution in [3.05, 3.63) is 29.8 Å². The molecule has 1 aromatic rings. The molecule has 0 heterocycles. The first-order valence-corrected chi connectivity index (χ1v) is 9.53. The number of carbonyl (C=O) groups is 1. The molecule has 0 radical (unpaired) electrons. The third-order valence-corrected chi connectivity index (χ3v) is 5.09. The van der Waals surface area contributed by atoms with Gasteiger partial charge in [-0.2, -0.15) is 0 Å². The third-order valence-electron chi connectivity index (χ3n) is 5.09. The van der Waals surface area contributed by atoms with Crippen LogP contribution >= 0.6 is 0 Å². The van der Waals surface area contributed by atoms with Gasteiger partial charge >= 0.3 is 5.97 Å². The predicted molar refractivity (Wildman–Crippen MR) is 95.7 cm³/mol. The highest BCUT2D eigenvalue weighted by Gasteiger charge is 2.27. The average Bonchev–Trinajstić information content (AvgIpc) is 2.57. The average molecular weight is 316 g/mol. The highest BCUT2D eigenvalue weighted by Crippen LogP contribution is 2.32. The second kappa shape index (κ2) is 9.75. The van der Waals surface area contributed by atoms with E-state index < -0.39 is 0 Å². The molecule has 0 aromatic heterocycles. The Kier molecular flexibility index (Phi) is 7.64. The zero-order chi connectivity index (χ0) is 16.5. The van der Waals surface area contributed by atoms with Gasteiger partial charge in [0.05, 0.1) is 5.92 Å². The van der Waals surface area contributed by atoms with Crippen molar-refractivity contribution >= 4 is 5.97 Å². The van der Waals surface area contributed by atoms with Crippen molar-refractivity contribution in [2.45, 2.75) is 78.1 Å². The van der Waals surface area contributed by atoms with E-state index in [4.69, 9.17) is 4.74 Å². The van der Waals surface area contributed by atoms with Gasteiger partial charge in [-0.05, 0) is 62.1 Å². The monoisotopic (exact) mass is 316 g/mol. The van der Waals surface area contributed by atoms with Crippen molar-refractivity contribution in [3.63, 3.8) is 0 Å². The number of benzene rings is 1. The van der Waals surface area contributed by atoms with Gasteiger partial charge in [-0.1, -0.05) is 51.7 Å². The van der Waals surface area contributed by atoms with Gasteiger partial charge < -0.3 is 4.74 Å². The normalized spacial score (nSPS) is 21.1. The van der Waals surface area contributed by atoms with Crippen LogP contribution in [0.5, 0.6) is 5.75 Å². The van der Waals surface area contributed by atoms with Crippen LogP contribution in [0.4, 0.5) is 0 Å². The van der Waals surface area contributed by atoms with Gasteiger partial charge in [0.25, 0.3) is 0 Å². The summed E-state index contributed by atoms with van der Waals surface area (Å²) in [6.45, 7) is 4.46. The molecule has 0 spiro atoms. The molecule has 1 aliphatic carbocycles. The topological polar surface area (TPSA) is 26.3 Å². The van der Waals surface area contributed by atoms with Gasteiger partial charge in [-0.15, -0.1) is 0 Å². The molecule has 0 aliphatic heterocycles. The van der Waals surface area contributed by atoms with Gasteiger partial charge in [0.2, 0.25) is 0 Å². The molecular formula is C21H32O2.